The first-order chi connectivity index (χ1) is 15.6. The fourth-order valence-electron chi connectivity index (χ4n) is 3.93. The SMILES string of the molecule is COc1ccc(C[NH+]2CCN(S(=O)(=O)c3ccccc3)CC2)cc1OCc1ccccc1. The first-order valence-corrected chi connectivity index (χ1v) is 12.2. The molecule has 0 atom stereocenters. The lowest BCUT2D eigenvalue weighted by Crippen LogP contribution is -3.13. The Hall–Kier alpha value is -2.87. The summed E-state index contributed by atoms with van der Waals surface area (Å²) in [6.45, 7) is 3.84. The van der Waals surface area contributed by atoms with Crippen LogP contribution in [0.25, 0.3) is 0 Å². The number of quaternary nitrogens is 1. The van der Waals surface area contributed by atoms with Crippen LogP contribution in [0.5, 0.6) is 11.5 Å². The van der Waals surface area contributed by atoms with E-state index in [1.54, 1.807) is 35.7 Å². The number of sulfonamides is 1. The number of hydrogen-bond acceptors (Lipinski definition) is 4. The number of hydrogen-bond donors (Lipinski definition) is 1. The van der Waals surface area contributed by atoms with E-state index in [2.05, 4.69) is 0 Å². The van der Waals surface area contributed by atoms with Gasteiger partial charge in [0.25, 0.3) is 0 Å². The highest BCUT2D eigenvalue weighted by atomic mass is 32.2. The molecule has 0 amide bonds. The molecular formula is C25H29N2O4S+. The van der Waals surface area contributed by atoms with E-state index in [1.165, 1.54) is 4.90 Å². The Morgan fingerprint density at radius 3 is 2.16 bits per heavy atom. The summed E-state index contributed by atoms with van der Waals surface area (Å²) in [5.41, 5.74) is 2.24. The lowest BCUT2D eigenvalue weighted by molar-refractivity contribution is -0.917. The third kappa shape index (κ3) is 5.30. The number of methoxy groups -OCH3 is 1. The summed E-state index contributed by atoms with van der Waals surface area (Å²) in [5.74, 6) is 1.43. The van der Waals surface area contributed by atoms with Gasteiger partial charge in [-0.05, 0) is 35.9 Å². The smallest absolute Gasteiger partial charge is 0.243 e. The van der Waals surface area contributed by atoms with Crippen LogP contribution in [0.15, 0.2) is 83.8 Å². The fraction of sp³-hybridized carbons (Fsp3) is 0.280. The minimum Gasteiger partial charge on any atom is -0.493 e. The first-order valence-electron chi connectivity index (χ1n) is 10.8. The summed E-state index contributed by atoms with van der Waals surface area (Å²) < 4.78 is 38.8. The molecule has 7 heteroatoms. The van der Waals surface area contributed by atoms with Crippen molar-refractivity contribution in [2.45, 2.75) is 18.0 Å². The van der Waals surface area contributed by atoms with Gasteiger partial charge in [-0.25, -0.2) is 8.42 Å². The molecule has 0 unspecified atom stereocenters. The van der Waals surface area contributed by atoms with Crippen LogP contribution in [0.4, 0.5) is 0 Å². The molecule has 1 N–H and O–H groups in total. The van der Waals surface area contributed by atoms with Crippen molar-refractivity contribution < 1.29 is 22.8 Å². The maximum atomic E-state index is 12.8. The van der Waals surface area contributed by atoms with Crippen molar-refractivity contribution in [3.8, 4) is 11.5 Å². The van der Waals surface area contributed by atoms with Gasteiger partial charge >= 0.3 is 0 Å². The van der Waals surface area contributed by atoms with E-state index in [-0.39, 0.29) is 0 Å². The molecule has 0 aromatic heterocycles. The van der Waals surface area contributed by atoms with Crippen LogP contribution in [0, 0.1) is 0 Å². The molecule has 0 saturated carbocycles. The molecule has 0 radical (unpaired) electrons. The van der Waals surface area contributed by atoms with Crippen LogP contribution in [-0.2, 0) is 23.2 Å². The monoisotopic (exact) mass is 453 g/mol. The highest BCUT2D eigenvalue weighted by Crippen LogP contribution is 2.28. The second-order valence-corrected chi connectivity index (χ2v) is 9.84. The number of ether oxygens (including phenoxy) is 2. The van der Waals surface area contributed by atoms with E-state index in [0.29, 0.717) is 30.3 Å². The van der Waals surface area contributed by atoms with Crippen molar-refractivity contribution in [1.29, 1.82) is 0 Å². The zero-order valence-electron chi connectivity index (χ0n) is 18.2. The van der Waals surface area contributed by atoms with Gasteiger partial charge in [0, 0.05) is 5.56 Å². The average molecular weight is 454 g/mol. The molecule has 3 aromatic rings. The van der Waals surface area contributed by atoms with Crippen LogP contribution < -0.4 is 14.4 Å². The van der Waals surface area contributed by atoms with E-state index in [4.69, 9.17) is 9.47 Å². The Bertz CT molecular complexity index is 1110. The standard InChI is InChI=1S/C25H28N2O4S/c1-30-24-13-12-22(18-25(24)31-20-21-8-4-2-5-9-21)19-26-14-16-27(17-15-26)32(28,29)23-10-6-3-7-11-23/h2-13,18H,14-17,19-20H2,1H3/p+1. The largest absolute Gasteiger partial charge is 0.493 e. The van der Waals surface area contributed by atoms with Gasteiger partial charge in [-0.2, -0.15) is 4.31 Å². The molecule has 0 aliphatic carbocycles. The molecule has 168 valence electrons. The molecule has 1 heterocycles. The fourth-order valence-corrected chi connectivity index (χ4v) is 5.39. The minimum atomic E-state index is -3.42. The Morgan fingerprint density at radius 1 is 0.844 bits per heavy atom. The van der Waals surface area contributed by atoms with Gasteiger partial charge in [-0.3, -0.25) is 0 Å². The molecule has 32 heavy (non-hydrogen) atoms. The zero-order valence-corrected chi connectivity index (χ0v) is 19.1. The maximum Gasteiger partial charge on any atom is 0.243 e. The Balaban J connectivity index is 1.37. The predicted octanol–water partition coefficient (Wildman–Crippen LogP) is 2.36. The Kier molecular flexibility index (Phi) is 7.09. The Morgan fingerprint density at radius 2 is 1.50 bits per heavy atom. The minimum absolute atomic E-state index is 0.360. The molecule has 6 nitrogen and oxygen atoms in total. The molecule has 4 rings (SSSR count). The number of nitrogens with one attached hydrogen (secondary N) is 1. The second-order valence-electron chi connectivity index (χ2n) is 7.90. The number of rotatable bonds is 8. The predicted molar refractivity (Wildman–Crippen MR) is 123 cm³/mol. The van der Waals surface area contributed by atoms with Gasteiger partial charge in [-0.1, -0.05) is 48.5 Å². The van der Waals surface area contributed by atoms with Crippen molar-refractivity contribution >= 4 is 10.0 Å². The number of nitrogens with zero attached hydrogens (tertiary/aromatic N) is 1. The molecular weight excluding hydrogens is 424 g/mol. The van der Waals surface area contributed by atoms with Gasteiger partial charge in [0.05, 0.1) is 38.2 Å². The molecule has 0 bridgehead atoms. The molecule has 0 spiro atoms. The normalized spacial score (nSPS) is 15.4. The van der Waals surface area contributed by atoms with Gasteiger partial charge < -0.3 is 14.4 Å². The van der Waals surface area contributed by atoms with Crippen LogP contribution in [-0.4, -0.2) is 46.0 Å². The van der Waals surface area contributed by atoms with E-state index in [1.807, 2.05) is 54.6 Å². The second kappa shape index (κ2) is 10.2. The topological polar surface area (TPSA) is 60.3 Å². The number of benzene rings is 3. The van der Waals surface area contributed by atoms with E-state index >= 15 is 0 Å². The van der Waals surface area contributed by atoms with Gasteiger partial charge in [-0.15, -0.1) is 0 Å². The highest BCUT2D eigenvalue weighted by Gasteiger charge is 2.30. The van der Waals surface area contributed by atoms with Crippen molar-refractivity contribution in [1.82, 2.24) is 4.31 Å². The molecule has 1 aliphatic rings. The zero-order chi connectivity index (χ0) is 22.4. The molecule has 3 aromatic carbocycles. The van der Waals surface area contributed by atoms with E-state index in [0.717, 1.165) is 36.5 Å². The molecule has 1 saturated heterocycles. The van der Waals surface area contributed by atoms with Crippen LogP contribution in [0.3, 0.4) is 0 Å². The lowest BCUT2D eigenvalue weighted by atomic mass is 10.1. The van der Waals surface area contributed by atoms with Crippen molar-refractivity contribution in [3.05, 3.63) is 90.0 Å². The van der Waals surface area contributed by atoms with Gasteiger partial charge in [0.2, 0.25) is 10.0 Å². The number of piperazine rings is 1. The molecule has 1 fully saturated rings. The van der Waals surface area contributed by atoms with Gasteiger partial charge in [0.1, 0.15) is 13.2 Å². The summed E-state index contributed by atoms with van der Waals surface area (Å²) in [5, 5.41) is 0. The van der Waals surface area contributed by atoms with Crippen molar-refractivity contribution in [3.63, 3.8) is 0 Å². The van der Waals surface area contributed by atoms with Crippen LogP contribution >= 0.6 is 0 Å². The summed E-state index contributed by atoms with van der Waals surface area (Å²) >= 11 is 0. The maximum absolute atomic E-state index is 12.8. The lowest BCUT2D eigenvalue weighted by Gasteiger charge is -2.31. The average Bonchev–Trinajstić information content (AvgIpc) is 2.84. The summed E-state index contributed by atoms with van der Waals surface area (Å²) in [6, 6.07) is 24.7. The molecule has 1 aliphatic heterocycles. The Labute approximate surface area is 190 Å². The highest BCUT2D eigenvalue weighted by molar-refractivity contribution is 7.89. The van der Waals surface area contributed by atoms with Crippen LogP contribution in [0.1, 0.15) is 11.1 Å². The van der Waals surface area contributed by atoms with E-state index < -0.39 is 10.0 Å². The third-order valence-corrected chi connectivity index (χ3v) is 7.64. The van der Waals surface area contributed by atoms with Crippen molar-refractivity contribution in [2.24, 2.45) is 0 Å². The van der Waals surface area contributed by atoms with Gasteiger partial charge in [0.15, 0.2) is 11.5 Å². The summed E-state index contributed by atoms with van der Waals surface area (Å²) in [4.78, 5) is 1.71. The van der Waals surface area contributed by atoms with E-state index in [9.17, 15) is 8.42 Å². The third-order valence-electron chi connectivity index (χ3n) is 5.73. The van der Waals surface area contributed by atoms with Crippen LogP contribution in [0.2, 0.25) is 0 Å². The first kappa shape index (κ1) is 22.3. The quantitative estimate of drug-likeness (QED) is 0.569. The summed E-state index contributed by atoms with van der Waals surface area (Å²) in [7, 11) is -1.78. The van der Waals surface area contributed by atoms with Crippen molar-refractivity contribution in [2.75, 3.05) is 33.3 Å². The summed E-state index contributed by atoms with van der Waals surface area (Å²) in [6.07, 6.45) is 0.